The molecule has 0 radical (unpaired) electrons. The Morgan fingerprint density at radius 1 is 1.32 bits per heavy atom. The maximum absolute atomic E-state index is 5.57. The molecular weight excluding hydrogens is 330 g/mol. The van der Waals surface area contributed by atoms with Gasteiger partial charge in [-0.15, -0.1) is 11.3 Å². The number of thiophene rings is 1. The molecule has 25 heavy (non-hydrogen) atoms. The van der Waals surface area contributed by atoms with Crippen molar-refractivity contribution in [3.63, 3.8) is 0 Å². The van der Waals surface area contributed by atoms with E-state index in [0.717, 1.165) is 50.8 Å². The summed E-state index contributed by atoms with van der Waals surface area (Å²) in [5.74, 6) is 2.40. The van der Waals surface area contributed by atoms with Crippen LogP contribution in [-0.4, -0.2) is 32.2 Å². The van der Waals surface area contributed by atoms with Crippen molar-refractivity contribution in [1.82, 2.24) is 10.6 Å². The molecule has 1 aromatic carbocycles. The molecule has 3 rings (SSSR count). The lowest BCUT2D eigenvalue weighted by molar-refractivity contribution is 0.357. The van der Waals surface area contributed by atoms with Gasteiger partial charge in [0, 0.05) is 30.3 Å². The van der Waals surface area contributed by atoms with E-state index in [1.165, 1.54) is 16.0 Å². The first-order valence-corrected chi connectivity index (χ1v) is 9.94. The van der Waals surface area contributed by atoms with E-state index in [0.29, 0.717) is 5.92 Å². The van der Waals surface area contributed by atoms with Crippen LogP contribution in [0.4, 0.5) is 0 Å². The maximum Gasteiger partial charge on any atom is 0.191 e. The van der Waals surface area contributed by atoms with E-state index in [2.05, 4.69) is 60.2 Å². The molecule has 1 atom stereocenters. The Bertz CT molecular complexity index is 697. The Hall–Kier alpha value is -2.01. The van der Waals surface area contributed by atoms with E-state index in [1.807, 2.05) is 0 Å². The van der Waals surface area contributed by atoms with Crippen molar-refractivity contribution in [2.24, 2.45) is 4.99 Å². The summed E-state index contributed by atoms with van der Waals surface area (Å²) in [5, 5.41) is 8.91. The Balaban J connectivity index is 1.50. The van der Waals surface area contributed by atoms with Crippen molar-refractivity contribution in [2.45, 2.75) is 32.6 Å². The minimum absolute atomic E-state index is 0.451. The van der Waals surface area contributed by atoms with Crippen LogP contribution in [0, 0.1) is 0 Å². The number of hydrogen-bond donors (Lipinski definition) is 2. The van der Waals surface area contributed by atoms with Gasteiger partial charge in [0.15, 0.2) is 5.96 Å². The van der Waals surface area contributed by atoms with Crippen molar-refractivity contribution in [2.75, 3.05) is 26.2 Å². The minimum atomic E-state index is 0.451. The zero-order valence-corrected chi connectivity index (χ0v) is 15.9. The van der Waals surface area contributed by atoms with E-state index in [9.17, 15) is 0 Å². The van der Waals surface area contributed by atoms with Gasteiger partial charge >= 0.3 is 0 Å². The zero-order valence-electron chi connectivity index (χ0n) is 15.0. The Morgan fingerprint density at radius 3 is 3.04 bits per heavy atom. The van der Waals surface area contributed by atoms with Gasteiger partial charge in [-0.25, -0.2) is 0 Å². The quantitative estimate of drug-likeness (QED) is 0.588. The number of nitrogens with one attached hydrogen (secondary N) is 2. The number of guanidine groups is 1. The summed E-state index contributed by atoms with van der Waals surface area (Å²) < 4.78 is 5.57. The number of fused-ring (bicyclic) bond motifs is 1. The van der Waals surface area contributed by atoms with Crippen LogP contribution in [0.1, 0.15) is 35.8 Å². The molecule has 1 unspecified atom stereocenters. The Morgan fingerprint density at radius 2 is 2.24 bits per heavy atom. The van der Waals surface area contributed by atoms with E-state index in [1.54, 1.807) is 11.3 Å². The van der Waals surface area contributed by atoms with Crippen LogP contribution < -0.4 is 15.4 Å². The minimum Gasteiger partial charge on any atom is -0.493 e. The van der Waals surface area contributed by atoms with E-state index < -0.39 is 0 Å². The fourth-order valence-corrected chi connectivity index (χ4v) is 3.73. The summed E-state index contributed by atoms with van der Waals surface area (Å²) in [6.07, 6.45) is 2.01. The average molecular weight is 358 g/mol. The molecule has 4 nitrogen and oxygen atoms in total. The molecule has 0 bridgehead atoms. The summed E-state index contributed by atoms with van der Waals surface area (Å²) in [4.78, 5) is 6.13. The van der Waals surface area contributed by atoms with Crippen LogP contribution in [-0.2, 0) is 12.8 Å². The highest BCUT2D eigenvalue weighted by Crippen LogP contribution is 2.25. The fraction of sp³-hybridized carbons (Fsp3) is 0.450. The molecule has 0 spiro atoms. The van der Waals surface area contributed by atoms with Crippen LogP contribution in [0.5, 0.6) is 5.75 Å². The number of aliphatic imine (C=N–C) groups is 1. The van der Waals surface area contributed by atoms with Gasteiger partial charge < -0.3 is 15.4 Å². The molecular formula is C20H27N3OS. The van der Waals surface area contributed by atoms with Gasteiger partial charge in [0.25, 0.3) is 0 Å². The normalized spacial score (nSPS) is 14.7. The highest BCUT2D eigenvalue weighted by atomic mass is 32.1. The average Bonchev–Trinajstić information content (AvgIpc) is 3.30. The highest BCUT2D eigenvalue weighted by molar-refractivity contribution is 7.10. The third-order valence-electron chi connectivity index (χ3n) is 4.36. The van der Waals surface area contributed by atoms with Gasteiger partial charge in [0.05, 0.1) is 13.2 Å². The molecule has 1 aromatic heterocycles. The SMILES string of the molecule is CCNC(=NCC(C)c1cccs1)NCCc1ccc2c(c1)CCO2. The van der Waals surface area contributed by atoms with E-state index in [4.69, 9.17) is 9.73 Å². The third kappa shape index (κ3) is 4.98. The molecule has 2 heterocycles. The van der Waals surface area contributed by atoms with Gasteiger partial charge in [-0.3, -0.25) is 4.99 Å². The first kappa shape index (κ1) is 17.8. The van der Waals surface area contributed by atoms with Gasteiger partial charge in [-0.1, -0.05) is 25.1 Å². The van der Waals surface area contributed by atoms with Gasteiger partial charge in [-0.2, -0.15) is 0 Å². The summed E-state index contributed by atoms with van der Waals surface area (Å²) in [6.45, 7) is 7.68. The van der Waals surface area contributed by atoms with Gasteiger partial charge in [0.2, 0.25) is 0 Å². The summed E-state index contributed by atoms with van der Waals surface area (Å²) in [5.41, 5.74) is 2.68. The van der Waals surface area contributed by atoms with E-state index in [-0.39, 0.29) is 0 Å². The molecule has 0 aliphatic carbocycles. The number of benzene rings is 1. The Kier molecular flexibility index (Phi) is 6.34. The largest absolute Gasteiger partial charge is 0.493 e. The molecule has 0 fully saturated rings. The van der Waals surface area contributed by atoms with Crippen molar-refractivity contribution >= 4 is 17.3 Å². The Labute approximate surface area is 154 Å². The number of rotatable bonds is 7. The molecule has 1 aliphatic heterocycles. The van der Waals surface area contributed by atoms with Gasteiger partial charge in [-0.05, 0) is 42.0 Å². The maximum atomic E-state index is 5.57. The topological polar surface area (TPSA) is 45.7 Å². The zero-order chi connectivity index (χ0) is 17.5. The second-order valence-corrected chi connectivity index (χ2v) is 7.33. The van der Waals surface area contributed by atoms with Crippen LogP contribution in [0.2, 0.25) is 0 Å². The molecule has 0 saturated carbocycles. The predicted octanol–water partition coefficient (Wildman–Crippen LogP) is 3.58. The van der Waals surface area contributed by atoms with Crippen molar-refractivity contribution < 1.29 is 4.74 Å². The highest BCUT2D eigenvalue weighted by Gasteiger charge is 2.12. The monoisotopic (exact) mass is 357 g/mol. The first-order valence-electron chi connectivity index (χ1n) is 9.06. The second-order valence-electron chi connectivity index (χ2n) is 6.35. The van der Waals surface area contributed by atoms with Crippen LogP contribution in [0.15, 0.2) is 40.7 Å². The van der Waals surface area contributed by atoms with Crippen molar-refractivity contribution in [3.05, 3.63) is 51.7 Å². The number of nitrogens with zero attached hydrogens (tertiary/aromatic N) is 1. The lowest BCUT2D eigenvalue weighted by atomic mass is 10.1. The number of ether oxygens (including phenoxy) is 1. The fourth-order valence-electron chi connectivity index (χ4n) is 2.95. The second kappa shape index (κ2) is 8.90. The summed E-state index contributed by atoms with van der Waals surface area (Å²) in [6, 6.07) is 10.8. The molecule has 2 aromatic rings. The lowest BCUT2D eigenvalue weighted by Crippen LogP contribution is -2.38. The van der Waals surface area contributed by atoms with Crippen LogP contribution in [0.3, 0.4) is 0 Å². The van der Waals surface area contributed by atoms with E-state index >= 15 is 0 Å². The molecule has 5 heteroatoms. The molecule has 134 valence electrons. The standard InChI is InChI=1S/C20H27N3OS/c1-3-21-20(23-14-15(2)19-5-4-12-25-19)22-10-8-16-6-7-18-17(13-16)9-11-24-18/h4-7,12-13,15H,3,8-11,14H2,1-2H3,(H2,21,22,23). The number of hydrogen-bond acceptors (Lipinski definition) is 3. The van der Waals surface area contributed by atoms with Crippen molar-refractivity contribution in [3.8, 4) is 5.75 Å². The molecule has 0 amide bonds. The lowest BCUT2D eigenvalue weighted by Gasteiger charge is -2.13. The predicted molar refractivity (Wildman–Crippen MR) is 106 cm³/mol. The molecule has 2 N–H and O–H groups in total. The third-order valence-corrected chi connectivity index (χ3v) is 5.46. The van der Waals surface area contributed by atoms with Crippen LogP contribution in [0.25, 0.3) is 0 Å². The molecule has 0 saturated heterocycles. The summed E-state index contributed by atoms with van der Waals surface area (Å²) >= 11 is 1.80. The first-order chi connectivity index (χ1) is 12.3. The smallest absolute Gasteiger partial charge is 0.191 e. The van der Waals surface area contributed by atoms with Crippen molar-refractivity contribution in [1.29, 1.82) is 0 Å². The summed E-state index contributed by atoms with van der Waals surface area (Å²) in [7, 11) is 0. The van der Waals surface area contributed by atoms with Gasteiger partial charge in [0.1, 0.15) is 5.75 Å². The molecule has 1 aliphatic rings. The van der Waals surface area contributed by atoms with Crippen LogP contribution >= 0.6 is 11.3 Å².